The van der Waals surface area contributed by atoms with Gasteiger partial charge in [0.2, 0.25) is 0 Å². The minimum absolute atomic E-state index is 0.777. The zero-order chi connectivity index (χ0) is 14.4. The Labute approximate surface area is 130 Å². The van der Waals surface area contributed by atoms with Crippen LogP contribution in [-0.4, -0.2) is 48.1 Å². The maximum Gasteiger partial charge on any atom is 0.0158 e. The van der Waals surface area contributed by atoms with Gasteiger partial charge in [-0.05, 0) is 51.0 Å². The smallest absolute Gasteiger partial charge is 0.0158 e. The Morgan fingerprint density at radius 2 is 2.10 bits per heavy atom. The largest absolute Gasteiger partial charge is 0.314 e. The highest BCUT2D eigenvalue weighted by Crippen LogP contribution is 2.33. The molecule has 20 heavy (non-hydrogen) atoms. The predicted octanol–water partition coefficient (Wildman–Crippen LogP) is 3.62. The molecule has 3 heteroatoms. The third-order valence-corrected chi connectivity index (χ3v) is 6.49. The van der Waals surface area contributed by atoms with E-state index in [0.29, 0.717) is 0 Å². The Morgan fingerprint density at radius 3 is 2.80 bits per heavy atom. The number of nitrogens with zero attached hydrogens (tertiary/aromatic N) is 1. The van der Waals surface area contributed by atoms with Crippen LogP contribution < -0.4 is 5.32 Å². The molecule has 0 aromatic rings. The molecule has 2 rings (SSSR count). The lowest BCUT2D eigenvalue weighted by molar-refractivity contribution is 0.122. The van der Waals surface area contributed by atoms with Crippen molar-refractivity contribution in [2.75, 3.05) is 31.1 Å². The molecule has 1 aliphatic heterocycles. The van der Waals surface area contributed by atoms with E-state index in [1.54, 1.807) is 0 Å². The summed E-state index contributed by atoms with van der Waals surface area (Å²) >= 11 is 2.13. The van der Waals surface area contributed by atoms with Crippen molar-refractivity contribution in [3.63, 3.8) is 0 Å². The fourth-order valence-corrected chi connectivity index (χ4v) is 4.95. The average Bonchev–Trinajstić information content (AvgIpc) is 2.48. The first-order valence-electron chi connectivity index (χ1n) is 8.79. The van der Waals surface area contributed by atoms with Crippen LogP contribution >= 0.6 is 11.8 Å². The Hall–Kier alpha value is 0.270. The van der Waals surface area contributed by atoms with Gasteiger partial charge in [-0.25, -0.2) is 0 Å². The van der Waals surface area contributed by atoms with Crippen LogP contribution in [0.15, 0.2) is 0 Å². The fourth-order valence-electron chi connectivity index (χ4n) is 3.87. The standard InChI is InChI=1S/C17H34N2S/c1-4-8-18-17-7-6-15(5-2)11-16(17)12-19-9-10-20-13-14(19)3/h14-18H,4-13H2,1-3H3. The van der Waals surface area contributed by atoms with Gasteiger partial charge < -0.3 is 5.32 Å². The molecule has 2 fully saturated rings. The summed E-state index contributed by atoms with van der Waals surface area (Å²) < 4.78 is 0. The first-order chi connectivity index (χ1) is 9.74. The number of hydrogen-bond donors (Lipinski definition) is 1. The normalized spacial score (nSPS) is 36.1. The summed E-state index contributed by atoms with van der Waals surface area (Å²) in [6.45, 7) is 10.9. The van der Waals surface area contributed by atoms with Gasteiger partial charge in [0.1, 0.15) is 0 Å². The number of thioether (sulfide) groups is 1. The van der Waals surface area contributed by atoms with Crippen LogP contribution in [0.3, 0.4) is 0 Å². The lowest BCUT2D eigenvalue weighted by Crippen LogP contribution is -2.50. The van der Waals surface area contributed by atoms with Crippen LogP contribution in [0.1, 0.15) is 52.9 Å². The topological polar surface area (TPSA) is 15.3 Å². The zero-order valence-corrected chi connectivity index (χ0v) is 14.6. The number of rotatable bonds is 6. The Bertz CT molecular complexity index is 272. The van der Waals surface area contributed by atoms with Crippen LogP contribution in [0.2, 0.25) is 0 Å². The van der Waals surface area contributed by atoms with Gasteiger partial charge in [0, 0.05) is 36.7 Å². The quantitative estimate of drug-likeness (QED) is 0.806. The zero-order valence-electron chi connectivity index (χ0n) is 13.7. The second kappa shape index (κ2) is 8.65. The number of hydrogen-bond acceptors (Lipinski definition) is 3. The molecule has 0 bridgehead atoms. The molecule has 118 valence electrons. The molecule has 1 aliphatic carbocycles. The Morgan fingerprint density at radius 1 is 1.25 bits per heavy atom. The summed E-state index contributed by atoms with van der Waals surface area (Å²) in [6.07, 6.45) is 6.94. The van der Waals surface area contributed by atoms with Gasteiger partial charge in [0.25, 0.3) is 0 Å². The third kappa shape index (κ3) is 4.64. The molecule has 1 heterocycles. The molecule has 2 nitrogen and oxygen atoms in total. The van der Waals surface area contributed by atoms with Crippen molar-refractivity contribution in [3.8, 4) is 0 Å². The van der Waals surface area contributed by atoms with Crippen LogP contribution in [0.5, 0.6) is 0 Å². The molecule has 0 radical (unpaired) electrons. The van der Waals surface area contributed by atoms with Crippen molar-refractivity contribution in [1.29, 1.82) is 0 Å². The van der Waals surface area contributed by atoms with E-state index in [-0.39, 0.29) is 0 Å². The van der Waals surface area contributed by atoms with Gasteiger partial charge in [0.15, 0.2) is 0 Å². The highest BCUT2D eigenvalue weighted by molar-refractivity contribution is 7.99. The summed E-state index contributed by atoms with van der Waals surface area (Å²) in [7, 11) is 0. The highest BCUT2D eigenvalue weighted by Gasteiger charge is 2.32. The minimum atomic E-state index is 0.777. The Balaban J connectivity index is 1.91. The summed E-state index contributed by atoms with van der Waals surface area (Å²) in [4.78, 5) is 2.76. The van der Waals surface area contributed by atoms with Crippen LogP contribution in [0.4, 0.5) is 0 Å². The molecule has 1 saturated heterocycles. The minimum Gasteiger partial charge on any atom is -0.314 e. The predicted molar refractivity (Wildman–Crippen MR) is 91.6 cm³/mol. The summed E-state index contributed by atoms with van der Waals surface area (Å²) in [6, 6.07) is 1.56. The van der Waals surface area contributed by atoms with Crippen LogP contribution in [-0.2, 0) is 0 Å². The number of nitrogens with one attached hydrogen (secondary N) is 1. The maximum atomic E-state index is 3.84. The molecule has 0 aromatic heterocycles. The van der Waals surface area contributed by atoms with E-state index < -0.39 is 0 Å². The van der Waals surface area contributed by atoms with E-state index in [1.807, 2.05) is 0 Å². The maximum absolute atomic E-state index is 3.84. The van der Waals surface area contributed by atoms with Gasteiger partial charge in [-0.1, -0.05) is 20.3 Å². The monoisotopic (exact) mass is 298 g/mol. The van der Waals surface area contributed by atoms with E-state index >= 15 is 0 Å². The van der Waals surface area contributed by atoms with Gasteiger partial charge in [-0.15, -0.1) is 0 Å². The van der Waals surface area contributed by atoms with Crippen molar-refractivity contribution in [2.24, 2.45) is 11.8 Å². The lowest BCUT2D eigenvalue weighted by atomic mass is 9.76. The van der Waals surface area contributed by atoms with Crippen molar-refractivity contribution < 1.29 is 0 Å². The third-order valence-electron chi connectivity index (χ3n) is 5.30. The van der Waals surface area contributed by atoms with E-state index in [1.165, 1.54) is 63.2 Å². The van der Waals surface area contributed by atoms with Crippen molar-refractivity contribution >= 4 is 11.8 Å². The molecular formula is C17H34N2S. The van der Waals surface area contributed by atoms with E-state index in [2.05, 4.69) is 42.7 Å². The second-order valence-corrected chi connectivity index (χ2v) is 7.98. The summed E-state index contributed by atoms with van der Waals surface area (Å²) in [5, 5.41) is 3.84. The molecular weight excluding hydrogens is 264 g/mol. The van der Waals surface area contributed by atoms with E-state index in [9.17, 15) is 0 Å². The van der Waals surface area contributed by atoms with E-state index in [4.69, 9.17) is 0 Å². The fraction of sp³-hybridized carbons (Fsp3) is 1.00. The molecule has 0 aromatic carbocycles. The lowest BCUT2D eigenvalue weighted by Gasteiger charge is -2.42. The van der Waals surface area contributed by atoms with Gasteiger partial charge >= 0.3 is 0 Å². The molecule has 0 spiro atoms. The van der Waals surface area contributed by atoms with Crippen molar-refractivity contribution in [1.82, 2.24) is 10.2 Å². The molecule has 1 saturated carbocycles. The van der Waals surface area contributed by atoms with Gasteiger partial charge in [-0.3, -0.25) is 4.90 Å². The van der Waals surface area contributed by atoms with Gasteiger partial charge in [-0.2, -0.15) is 11.8 Å². The van der Waals surface area contributed by atoms with Crippen LogP contribution in [0, 0.1) is 11.8 Å². The Kier molecular flexibility index (Phi) is 7.20. The first kappa shape index (κ1) is 16.6. The van der Waals surface area contributed by atoms with Gasteiger partial charge in [0.05, 0.1) is 0 Å². The molecule has 4 unspecified atom stereocenters. The molecule has 2 aliphatic rings. The SMILES string of the molecule is CCCNC1CCC(CC)CC1CN1CCSCC1C. The van der Waals surface area contributed by atoms with E-state index in [0.717, 1.165) is 23.9 Å². The molecule has 4 atom stereocenters. The second-order valence-electron chi connectivity index (χ2n) is 6.83. The summed E-state index contributed by atoms with van der Waals surface area (Å²) in [5.74, 6) is 4.53. The van der Waals surface area contributed by atoms with Crippen LogP contribution in [0.25, 0.3) is 0 Å². The first-order valence-corrected chi connectivity index (χ1v) is 9.95. The highest BCUT2D eigenvalue weighted by atomic mass is 32.2. The van der Waals surface area contributed by atoms with Crippen molar-refractivity contribution in [3.05, 3.63) is 0 Å². The average molecular weight is 299 g/mol. The summed E-state index contributed by atoms with van der Waals surface area (Å²) in [5.41, 5.74) is 0. The molecule has 1 N–H and O–H groups in total. The van der Waals surface area contributed by atoms with Crippen molar-refractivity contribution in [2.45, 2.75) is 65.0 Å². The molecule has 0 amide bonds.